The topological polar surface area (TPSA) is 75.3 Å². The molecule has 4 rings (SSSR count). The molecule has 2 N–H and O–H groups in total. The molecule has 2 aromatic rings. The summed E-state index contributed by atoms with van der Waals surface area (Å²) in [6.07, 6.45) is 6.00. The van der Waals surface area contributed by atoms with Crippen molar-refractivity contribution in [2.24, 2.45) is 0 Å². The van der Waals surface area contributed by atoms with Crippen molar-refractivity contribution in [1.29, 1.82) is 0 Å². The van der Waals surface area contributed by atoms with E-state index in [0.717, 1.165) is 62.6 Å². The monoisotopic (exact) mass is 450 g/mol. The molecule has 1 unspecified atom stereocenters. The Morgan fingerprint density at radius 2 is 1.80 bits per heavy atom. The third-order valence-electron chi connectivity index (χ3n) is 5.92. The molecule has 1 fully saturated rings. The average molecular weight is 451 g/mol. The van der Waals surface area contributed by atoms with Crippen LogP contribution in [0.4, 0.5) is 4.39 Å². The normalized spacial score (nSPS) is 19.5. The van der Waals surface area contributed by atoms with E-state index in [1.807, 2.05) is 24.3 Å². The van der Waals surface area contributed by atoms with E-state index in [1.54, 1.807) is 0 Å². The summed E-state index contributed by atoms with van der Waals surface area (Å²) >= 11 is 6.11. The van der Waals surface area contributed by atoms with Crippen LogP contribution in [0.5, 0.6) is 0 Å². The Balaban J connectivity index is 1.57. The smallest absolute Gasteiger partial charge is 0.253 e. The van der Waals surface area contributed by atoms with Gasteiger partial charge in [0.1, 0.15) is 10.7 Å². The van der Waals surface area contributed by atoms with E-state index in [-0.39, 0.29) is 22.7 Å². The van der Waals surface area contributed by atoms with Crippen LogP contribution < -0.4 is 10.0 Å². The number of aryl methyl sites for hydroxylation is 1. The Kier molecular flexibility index (Phi) is 6.14. The molecule has 30 heavy (non-hydrogen) atoms. The average Bonchev–Trinajstić information content (AvgIpc) is 3.11. The van der Waals surface area contributed by atoms with Crippen LogP contribution in [0.1, 0.15) is 66.1 Å². The van der Waals surface area contributed by atoms with Gasteiger partial charge >= 0.3 is 0 Å². The molecular formula is C22H24ClFN2O3S. The summed E-state index contributed by atoms with van der Waals surface area (Å²) in [6.45, 7) is 0. The fourth-order valence-electron chi connectivity index (χ4n) is 4.36. The van der Waals surface area contributed by atoms with Gasteiger partial charge in [0.2, 0.25) is 10.0 Å². The highest BCUT2D eigenvalue weighted by molar-refractivity contribution is 7.89. The van der Waals surface area contributed by atoms with Gasteiger partial charge in [-0.15, -0.1) is 0 Å². The second-order valence-corrected chi connectivity index (χ2v) is 10.1. The molecule has 1 amide bonds. The molecule has 5 nitrogen and oxygen atoms in total. The predicted molar refractivity (Wildman–Crippen MR) is 114 cm³/mol. The molecule has 0 aliphatic heterocycles. The number of carbonyl (C=O) groups excluding carboxylic acids is 1. The molecule has 1 atom stereocenters. The number of carbonyl (C=O) groups is 1. The van der Waals surface area contributed by atoms with Crippen LogP contribution in [0.2, 0.25) is 5.02 Å². The molecular weight excluding hydrogens is 427 g/mol. The fourth-order valence-corrected chi connectivity index (χ4v) is 5.98. The van der Waals surface area contributed by atoms with Gasteiger partial charge in [-0.3, -0.25) is 4.79 Å². The van der Waals surface area contributed by atoms with Gasteiger partial charge in [0.25, 0.3) is 5.91 Å². The fraction of sp³-hybridized carbons (Fsp3) is 0.409. The van der Waals surface area contributed by atoms with Crippen molar-refractivity contribution in [3.63, 3.8) is 0 Å². The van der Waals surface area contributed by atoms with Crippen LogP contribution in [-0.4, -0.2) is 20.4 Å². The Hall–Kier alpha value is -1.96. The van der Waals surface area contributed by atoms with Crippen molar-refractivity contribution >= 4 is 27.5 Å². The third-order valence-corrected chi connectivity index (χ3v) is 7.77. The summed E-state index contributed by atoms with van der Waals surface area (Å²) in [5, 5.41) is 2.79. The Bertz CT molecular complexity index is 1070. The first-order valence-electron chi connectivity index (χ1n) is 10.3. The van der Waals surface area contributed by atoms with Crippen molar-refractivity contribution in [1.82, 2.24) is 10.0 Å². The summed E-state index contributed by atoms with van der Waals surface area (Å²) in [7, 11) is -4.10. The zero-order chi connectivity index (χ0) is 21.3. The summed E-state index contributed by atoms with van der Waals surface area (Å²) < 4.78 is 42.7. The molecule has 2 aliphatic carbocycles. The minimum atomic E-state index is -4.10. The largest absolute Gasteiger partial charge is 0.345 e. The van der Waals surface area contributed by atoms with Crippen LogP contribution >= 0.6 is 11.6 Å². The van der Waals surface area contributed by atoms with Crippen LogP contribution in [0.3, 0.4) is 0 Å². The molecule has 0 spiro atoms. The lowest BCUT2D eigenvalue weighted by atomic mass is 9.96. The summed E-state index contributed by atoms with van der Waals surface area (Å²) in [5.74, 6) is -1.48. The van der Waals surface area contributed by atoms with E-state index in [4.69, 9.17) is 11.6 Å². The van der Waals surface area contributed by atoms with E-state index < -0.39 is 26.6 Å². The number of nitrogens with one attached hydrogen (secondary N) is 2. The van der Waals surface area contributed by atoms with Gasteiger partial charge in [-0.25, -0.2) is 17.5 Å². The number of fused-ring (bicyclic) bond motifs is 1. The molecule has 0 bridgehead atoms. The minimum Gasteiger partial charge on any atom is -0.345 e. The lowest BCUT2D eigenvalue weighted by Gasteiger charge is -2.23. The lowest BCUT2D eigenvalue weighted by Crippen LogP contribution is -2.36. The first-order valence-corrected chi connectivity index (χ1v) is 12.1. The summed E-state index contributed by atoms with van der Waals surface area (Å²) in [5.41, 5.74) is 2.16. The lowest BCUT2D eigenvalue weighted by molar-refractivity contribution is 0.0936. The van der Waals surface area contributed by atoms with Crippen molar-refractivity contribution < 1.29 is 17.6 Å². The standard InChI is InChI=1S/C22H24ClFN2O3S/c23-18-13-19(24)21(30(28,29)26-15-7-2-1-3-8-15)12-17(18)22(27)25-20-11-10-14-6-4-5-9-16(14)20/h4-6,9,12-13,15,20,26H,1-3,7-8,10-11H2,(H,25,27). The van der Waals surface area contributed by atoms with Gasteiger partial charge in [0.15, 0.2) is 0 Å². The first kappa shape index (κ1) is 21.3. The predicted octanol–water partition coefficient (Wildman–Crippen LogP) is 4.51. The molecule has 160 valence electrons. The molecule has 0 heterocycles. The van der Waals surface area contributed by atoms with Crippen LogP contribution in [0.25, 0.3) is 0 Å². The van der Waals surface area contributed by atoms with Gasteiger partial charge in [0, 0.05) is 6.04 Å². The number of sulfonamides is 1. The molecule has 0 radical (unpaired) electrons. The maximum absolute atomic E-state index is 14.5. The number of rotatable bonds is 5. The van der Waals surface area contributed by atoms with Gasteiger partial charge < -0.3 is 5.32 Å². The Morgan fingerprint density at radius 3 is 2.57 bits per heavy atom. The minimum absolute atomic E-state index is 0.0496. The quantitative estimate of drug-likeness (QED) is 0.703. The number of hydrogen-bond acceptors (Lipinski definition) is 3. The van der Waals surface area contributed by atoms with E-state index in [9.17, 15) is 17.6 Å². The van der Waals surface area contributed by atoms with Gasteiger partial charge in [0.05, 0.1) is 16.6 Å². The van der Waals surface area contributed by atoms with E-state index in [0.29, 0.717) is 0 Å². The molecule has 0 aromatic heterocycles. The SMILES string of the molecule is O=C(NC1CCc2ccccc21)c1cc(S(=O)(=O)NC2CCCCC2)c(F)cc1Cl. The molecule has 0 saturated heterocycles. The maximum atomic E-state index is 14.5. The van der Waals surface area contributed by atoms with E-state index in [1.165, 1.54) is 5.56 Å². The van der Waals surface area contributed by atoms with Crippen LogP contribution in [0.15, 0.2) is 41.3 Å². The van der Waals surface area contributed by atoms with Gasteiger partial charge in [-0.2, -0.15) is 0 Å². The highest BCUT2D eigenvalue weighted by Gasteiger charge is 2.29. The summed E-state index contributed by atoms with van der Waals surface area (Å²) in [4.78, 5) is 12.3. The first-order chi connectivity index (χ1) is 14.3. The molecule has 2 aliphatic rings. The molecule has 1 saturated carbocycles. The number of hydrogen-bond donors (Lipinski definition) is 2. The zero-order valence-electron chi connectivity index (χ0n) is 16.5. The number of amides is 1. The Morgan fingerprint density at radius 1 is 1.07 bits per heavy atom. The molecule has 8 heteroatoms. The number of benzene rings is 2. The van der Waals surface area contributed by atoms with Crippen LogP contribution in [0, 0.1) is 5.82 Å². The van der Waals surface area contributed by atoms with Crippen molar-refractivity contribution in [2.75, 3.05) is 0 Å². The summed E-state index contributed by atoms with van der Waals surface area (Å²) in [6, 6.07) is 9.39. The van der Waals surface area contributed by atoms with Crippen molar-refractivity contribution in [2.45, 2.75) is 61.9 Å². The number of halogens is 2. The molecule has 2 aromatic carbocycles. The zero-order valence-corrected chi connectivity index (χ0v) is 18.0. The third kappa shape index (κ3) is 4.38. The second-order valence-electron chi connectivity index (χ2n) is 7.98. The van der Waals surface area contributed by atoms with E-state index >= 15 is 0 Å². The second kappa shape index (κ2) is 8.65. The van der Waals surface area contributed by atoms with Gasteiger partial charge in [-0.05, 0) is 48.9 Å². The van der Waals surface area contributed by atoms with Crippen LogP contribution in [-0.2, 0) is 16.4 Å². The van der Waals surface area contributed by atoms with Gasteiger partial charge in [-0.1, -0.05) is 55.1 Å². The Labute approximate surface area is 181 Å². The van der Waals surface area contributed by atoms with Crippen molar-refractivity contribution in [3.8, 4) is 0 Å². The maximum Gasteiger partial charge on any atom is 0.253 e. The van der Waals surface area contributed by atoms with E-state index in [2.05, 4.69) is 10.0 Å². The highest BCUT2D eigenvalue weighted by atomic mass is 35.5. The highest BCUT2D eigenvalue weighted by Crippen LogP contribution is 2.32. The van der Waals surface area contributed by atoms with Crippen molar-refractivity contribution in [3.05, 3.63) is 63.9 Å².